The van der Waals surface area contributed by atoms with Crippen LogP contribution in [0.1, 0.15) is 31.2 Å². The lowest BCUT2D eigenvalue weighted by Crippen LogP contribution is -2.47. The number of rotatable bonds is 9. The van der Waals surface area contributed by atoms with E-state index >= 15 is 0 Å². The van der Waals surface area contributed by atoms with E-state index in [0.717, 1.165) is 31.1 Å². The second-order valence-corrected chi connectivity index (χ2v) is 6.69. The van der Waals surface area contributed by atoms with Crippen LogP contribution in [0.5, 0.6) is 11.5 Å². The molecule has 2 rings (SSSR count). The van der Waals surface area contributed by atoms with Crippen molar-refractivity contribution in [1.82, 2.24) is 10.6 Å². The number of nitrogens with one attached hydrogen (secondary N) is 2. The molecule has 0 amide bonds. The van der Waals surface area contributed by atoms with Crippen molar-refractivity contribution in [1.29, 1.82) is 0 Å². The molecule has 1 aromatic carbocycles. The number of halogens is 1. The summed E-state index contributed by atoms with van der Waals surface area (Å²) >= 11 is 0. The average Bonchev–Trinajstić information content (AvgIpc) is 2.59. The van der Waals surface area contributed by atoms with Crippen LogP contribution in [0, 0.1) is 5.41 Å². The second-order valence-electron chi connectivity index (χ2n) is 6.69. The number of nitrogens with zero attached hydrogens (tertiary/aromatic N) is 1. The van der Waals surface area contributed by atoms with Crippen LogP contribution in [-0.2, 0) is 11.2 Å². The molecule has 6 nitrogen and oxygen atoms in total. The number of guanidine groups is 1. The van der Waals surface area contributed by atoms with Gasteiger partial charge < -0.3 is 25.2 Å². The van der Waals surface area contributed by atoms with Gasteiger partial charge in [0.15, 0.2) is 5.96 Å². The average molecular weight is 477 g/mol. The number of aliphatic imine (C=N–C) groups is 1. The first kappa shape index (κ1) is 22.8. The Balaban J connectivity index is 0.00000338. The normalized spacial score (nSPS) is 15.6. The van der Waals surface area contributed by atoms with Gasteiger partial charge in [-0.05, 0) is 42.7 Å². The number of ether oxygens (including phenoxy) is 2. The third-order valence-electron chi connectivity index (χ3n) is 5.08. The van der Waals surface area contributed by atoms with E-state index in [4.69, 9.17) is 9.47 Å². The van der Waals surface area contributed by atoms with Crippen LogP contribution in [0.4, 0.5) is 0 Å². The van der Waals surface area contributed by atoms with Crippen LogP contribution in [0.25, 0.3) is 0 Å². The highest BCUT2D eigenvalue weighted by Crippen LogP contribution is 2.43. The smallest absolute Gasteiger partial charge is 0.191 e. The van der Waals surface area contributed by atoms with Crippen LogP contribution in [0.2, 0.25) is 0 Å². The van der Waals surface area contributed by atoms with E-state index in [0.29, 0.717) is 24.1 Å². The van der Waals surface area contributed by atoms with E-state index in [2.05, 4.69) is 15.6 Å². The Kier molecular flexibility index (Phi) is 10.1. The fourth-order valence-electron chi connectivity index (χ4n) is 3.20. The van der Waals surface area contributed by atoms with Gasteiger partial charge in [-0.25, -0.2) is 0 Å². The van der Waals surface area contributed by atoms with Gasteiger partial charge in [0.25, 0.3) is 0 Å². The van der Waals surface area contributed by atoms with Crippen molar-refractivity contribution in [3.63, 3.8) is 0 Å². The van der Waals surface area contributed by atoms with Crippen LogP contribution >= 0.6 is 24.0 Å². The van der Waals surface area contributed by atoms with Crippen LogP contribution in [-0.4, -0.2) is 52.0 Å². The quantitative estimate of drug-likeness (QED) is 0.290. The lowest BCUT2D eigenvalue weighted by Gasteiger charge is -2.42. The molecular formula is C19H32IN3O3. The van der Waals surface area contributed by atoms with Crippen molar-refractivity contribution >= 4 is 29.9 Å². The van der Waals surface area contributed by atoms with Gasteiger partial charge in [-0.3, -0.25) is 4.99 Å². The zero-order chi connectivity index (χ0) is 18.1. The Morgan fingerprint density at radius 1 is 1.27 bits per heavy atom. The summed E-state index contributed by atoms with van der Waals surface area (Å²) in [5.41, 5.74) is 1.24. The van der Waals surface area contributed by atoms with Crippen molar-refractivity contribution in [3.05, 3.63) is 23.8 Å². The minimum absolute atomic E-state index is 0. The third-order valence-corrected chi connectivity index (χ3v) is 5.08. The highest BCUT2D eigenvalue weighted by atomic mass is 127. The Hall–Kier alpha value is -1.22. The molecule has 0 unspecified atom stereocenters. The van der Waals surface area contributed by atoms with Crippen molar-refractivity contribution < 1.29 is 14.6 Å². The molecule has 0 saturated heterocycles. The van der Waals surface area contributed by atoms with Gasteiger partial charge in [0, 0.05) is 39.9 Å². The summed E-state index contributed by atoms with van der Waals surface area (Å²) in [6.07, 6.45) is 5.60. The summed E-state index contributed by atoms with van der Waals surface area (Å²) in [7, 11) is 5.13. The van der Waals surface area contributed by atoms with E-state index in [-0.39, 0.29) is 29.7 Å². The molecule has 1 aliphatic rings. The summed E-state index contributed by atoms with van der Waals surface area (Å²) in [6.45, 7) is 2.43. The largest absolute Gasteiger partial charge is 0.508 e. The topological polar surface area (TPSA) is 75.1 Å². The molecule has 7 heteroatoms. The molecule has 0 heterocycles. The molecule has 0 atom stereocenters. The standard InChI is InChI=1S/C19H31N3O3.HI/c1-20-18(22-14-19(8-4-9-19)10-12-24-2)21-11-7-15-5-6-16(25-3)13-17(15)23;/h5-6,13,23H,4,7-12,14H2,1-3H3,(H2,20,21,22);1H. The fraction of sp³-hybridized carbons (Fsp3) is 0.632. The van der Waals surface area contributed by atoms with Crippen LogP contribution < -0.4 is 15.4 Å². The summed E-state index contributed by atoms with van der Waals surface area (Å²) in [6, 6.07) is 5.39. The molecule has 0 radical (unpaired) electrons. The molecule has 0 aliphatic heterocycles. The van der Waals surface area contributed by atoms with Crippen molar-refractivity contribution in [2.75, 3.05) is 41.0 Å². The molecule has 1 aromatic rings. The maximum atomic E-state index is 10.0. The first-order valence-electron chi connectivity index (χ1n) is 8.92. The lowest BCUT2D eigenvalue weighted by atomic mass is 9.67. The monoisotopic (exact) mass is 477 g/mol. The molecule has 0 bridgehead atoms. The van der Waals surface area contributed by atoms with Gasteiger partial charge >= 0.3 is 0 Å². The predicted molar refractivity (Wildman–Crippen MR) is 116 cm³/mol. The maximum Gasteiger partial charge on any atom is 0.191 e. The number of benzene rings is 1. The van der Waals surface area contributed by atoms with Crippen molar-refractivity contribution in [2.45, 2.75) is 32.1 Å². The number of aromatic hydroxyl groups is 1. The predicted octanol–water partition coefficient (Wildman–Crippen LogP) is 2.93. The van der Waals surface area contributed by atoms with Crippen molar-refractivity contribution in [3.8, 4) is 11.5 Å². The number of hydrogen-bond donors (Lipinski definition) is 3. The number of hydrogen-bond acceptors (Lipinski definition) is 4. The number of methoxy groups -OCH3 is 2. The van der Waals surface area contributed by atoms with Gasteiger partial charge in [0.05, 0.1) is 7.11 Å². The lowest BCUT2D eigenvalue weighted by molar-refractivity contribution is 0.0732. The minimum atomic E-state index is 0. The van der Waals surface area contributed by atoms with Gasteiger partial charge in [0.1, 0.15) is 11.5 Å². The van der Waals surface area contributed by atoms with E-state index in [1.54, 1.807) is 27.3 Å². The van der Waals surface area contributed by atoms with Crippen LogP contribution in [0.15, 0.2) is 23.2 Å². The van der Waals surface area contributed by atoms with Gasteiger partial charge in [-0.2, -0.15) is 0 Å². The van der Waals surface area contributed by atoms with E-state index in [9.17, 15) is 5.11 Å². The minimum Gasteiger partial charge on any atom is -0.508 e. The zero-order valence-corrected chi connectivity index (χ0v) is 18.3. The van der Waals surface area contributed by atoms with Crippen LogP contribution in [0.3, 0.4) is 0 Å². The Bertz CT molecular complexity index is 577. The molecule has 0 aromatic heterocycles. The Morgan fingerprint density at radius 2 is 2.04 bits per heavy atom. The van der Waals surface area contributed by atoms with Gasteiger partial charge in [-0.15, -0.1) is 24.0 Å². The molecule has 1 aliphatic carbocycles. The highest BCUT2D eigenvalue weighted by Gasteiger charge is 2.36. The Labute approximate surface area is 173 Å². The molecule has 1 fully saturated rings. The number of phenolic OH excluding ortho intramolecular Hbond substituents is 1. The molecule has 0 spiro atoms. The summed E-state index contributed by atoms with van der Waals surface area (Å²) in [4.78, 5) is 4.29. The summed E-state index contributed by atoms with van der Waals surface area (Å²) in [5, 5.41) is 16.8. The summed E-state index contributed by atoms with van der Waals surface area (Å²) in [5.74, 6) is 1.72. The first-order chi connectivity index (χ1) is 12.1. The fourth-order valence-corrected chi connectivity index (χ4v) is 3.20. The molecular weight excluding hydrogens is 445 g/mol. The van der Waals surface area contributed by atoms with Gasteiger partial charge in [0.2, 0.25) is 0 Å². The molecule has 148 valence electrons. The second kappa shape index (κ2) is 11.5. The first-order valence-corrected chi connectivity index (χ1v) is 8.92. The molecule has 1 saturated carbocycles. The van der Waals surface area contributed by atoms with E-state index in [1.807, 2.05) is 12.1 Å². The highest BCUT2D eigenvalue weighted by molar-refractivity contribution is 14.0. The molecule has 26 heavy (non-hydrogen) atoms. The van der Waals surface area contributed by atoms with Crippen molar-refractivity contribution in [2.24, 2.45) is 10.4 Å². The summed E-state index contributed by atoms with van der Waals surface area (Å²) < 4.78 is 10.3. The van der Waals surface area contributed by atoms with Gasteiger partial charge in [-0.1, -0.05) is 12.5 Å². The van der Waals surface area contributed by atoms with E-state index < -0.39 is 0 Å². The Morgan fingerprint density at radius 3 is 2.58 bits per heavy atom. The molecule has 3 N–H and O–H groups in total. The third kappa shape index (κ3) is 6.50. The SMILES string of the molecule is CN=C(NCCc1ccc(OC)cc1O)NCC1(CCOC)CCC1.I. The zero-order valence-electron chi connectivity index (χ0n) is 16.0. The number of phenols is 1. The maximum absolute atomic E-state index is 10.0. The van der Waals surface area contributed by atoms with E-state index in [1.165, 1.54) is 19.3 Å².